The second-order valence-electron chi connectivity index (χ2n) is 7.66. The first-order valence-electron chi connectivity index (χ1n) is 10.9. The molecule has 33 heavy (non-hydrogen) atoms. The monoisotopic (exact) mass is 449 g/mol. The molecule has 3 rings (SSSR count). The number of hydrogen-bond acceptors (Lipinski definition) is 5. The number of nitro benzene ring substituents is 1. The summed E-state index contributed by atoms with van der Waals surface area (Å²) >= 11 is 0. The summed E-state index contributed by atoms with van der Waals surface area (Å²) in [5, 5.41) is 10.9. The fraction of sp³-hybridized carbons (Fsp3) is 0.280. The summed E-state index contributed by atoms with van der Waals surface area (Å²) in [6, 6.07) is 18.9. The van der Waals surface area contributed by atoms with Crippen LogP contribution in [0.1, 0.15) is 35.0 Å². The lowest BCUT2D eigenvalue weighted by molar-refractivity contribution is -0.384. The molecule has 0 saturated carbocycles. The summed E-state index contributed by atoms with van der Waals surface area (Å²) in [6.45, 7) is 3.03. The van der Waals surface area contributed by atoms with Crippen LogP contribution in [0.15, 0.2) is 77.4 Å². The van der Waals surface area contributed by atoms with Crippen LogP contribution in [0.4, 0.5) is 5.69 Å². The van der Waals surface area contributed by atoms with E-state index in [0.717, 1.165) is 5.56 Å². The van der Waals surface area contributed by atoms with E-state index in [2.05, 4.69) is 0 Å². The quantitative estimate of drug-likeness (QED) is 0.321. The van der Waals surface area contributed by atoms with Crippen molar-refractivity contribution in [3.8, 4) is 0 Å². The van der Waals surface area contributed by atoms with Gasteiger partial charge in [0, 0.05) is 30.8 Å². The Labute approximate surface area is 192 Å². The Balaban J connectivity index is 1.73. The van der Waals surface area contributed by atoms with Crippen LogP contribution in [0, 0.1) is 10.1 Å². The van der Waals surface area contributed by atoms with Crippen molar-refractivity contribution in [3.05, 3.63) is 100.0 Å². The van der Waals surface area contributed by atoms with E-state index in [1.165, 1.54) is 29.2 Å². The molecule has 0 spiro atoms. The fourth-order valence-electron chi connectivity index (χ4n) is 3.49. The number of carbonyl (C=O) groups excluding carboxylic acids is 2. The zero-order valence-electron chi connectivity index (χ0n) is 18.6. The summed E-state index contributed by atoms with van der Waals surface area (Å²) in [4.78, 5) is 39.8. The molecular weight excluding hydrogens is 422 g/mol. The van der Waals surface area contributed by atoms with Crippen LogP contribution in [0.25, 0.3) is 0 Å². The molecule has 0 atom stereocenters. The number of furan rings is 1. The molecule has 0 saturated heterocycles. The molecule has 0 N–H and O–H groups in total. The predicted molar refractivity (Wildman–Crippen MR) is 124 cm³/mol. The maximum absolute atomic E-state index is 13.3. The van der Waals surface area contributed by atoms with Crippen molar-refractivity contribution in [2.24, 2.45) is 0 Å². The van der Waals surface area contributed by atoms with Crippen LogP contribution in [0.3, 0.4) is 0 Å². The SMILES string of the molecule is CCCN(CC(=O)N(CCc1ccccc1)Cc1ccco1)C(=O)c1ccc([N+](=O)[O-])cc1. The van der Waals surface area contributed by atoms with E-state index in [4.69, 9.17) is 4.42 Å². The van der Waals surface area contributed by atoms with Crippen molar-refractivity contribution in [3.63, 3.8) is 0 Å². The van der Waals surface area contributed by atoms with Crippen molar-refractivity contribution in [2.45, 2.75) is 26.3 Å². The zero-order chi connectivity index (χ0) is 23.6. The topological polar surface area (TPSA) is 96.9 Å². The van der Waals surface area contributed by atoms with Gasteiger partial charge >= 0.3 is 0 Å². The maximum atomic E-state index is 13.3. The average molecular weight is 450 g/mol. The Morgan fingerprint density at radius 2 is 1.67 bits per heavy atom. The molecule has 8 heteroatoms. The summed E-state index contributed by atoms with van der Waals surface area (Å²) in [5.74, 6) is 0.146. The number of benzene rings is 2. The molecule has 172 valence electrons. The molecule has 0 fully saturated rings. The number of non-ortho nitro benzene ring substituents is 1. The van der Waals surface area contributed by atoms with Gasteiger partial charge in [-0.15, -0.1) is 0 Å². The molecule has 0 bridgehead atoms. The normalized spacial score (nSPS) is 10.6. The van der Waals surface area contributed by atoms with Gasteiger partial charge in [-0.25, -0.2) is 0 Å². The third kappa shape index (κ3) is 6.77. The van der Waals surface area contributed by atoms with Gasteiger partial charge in [0.1, 0.15) is 12.3 Å². The standard InChI is InChI=1S/C25H27N3O5/c1-2-15-27(25(30)21-10-12-22(13-11-21)28(31)32)19-24(29)26(18-23-9-6-17-33-23)16-14-20-7-4-3-5-8-20/h3-13,17H,2,14-16,18-19H2,1H3. The minimum atomic E-state index is -0.513. The maximum Gasteiger partial charge on any atom is 0.269 e. The van der Waals surface area contributed by atoms with E-state index in [0.29, 0.717) is 43.8 Å². The number of amides is 2. The van der Waals surface area contributed by atoms with Crippen LogP contribution in [-0.2, 0) is 17.8 Å². The Hall–Kier alpha value is -3.94. The molecule has 0 aliphatic carbocycles. The van der Waals surface area contributed by atoms with Gasteiger partial charge in [0.25, 0.3) is 11.6 Å². The first-order chi connectivity index (χ1) is 16.0. The Kier molecular flexibility index (Phi) is 8.35. The van der Waals surface area contributed by atoms with Gasteiger partial charge in [-0.3, -0.25) is 19.7 Å². The number of nitro groups is 1. The highest BCUT2D eigenvalue weighted by Crippen LogP contribution is 2.15. The van der Waals surface area contributed by atoms with Crippen LogP contribution in [0.5, 0.6) is 0 Å². The highest BCUT2D eigenvalue weighted by Gasteiger charge is 2.23. The molecule has 0 aliphatic heterocycles. The summed E-state index contributed by atoms with van der Waals surface area (Å²) in [7, 11) is 0. The van der Waals surface area contributed by atoms with E-state index in [1.807, 2.05) is 43.3 Å². The molecule has 3 aromatic rings. The average Bonchev–Trinajstić information content (AvgIpc) is 3.35. The van der Waals surface area contributed by atoms with Crippen LogP contribution < -0.4 is 0 Å². The third-order valence-corrected chi connectivity index (χ3v) is 5.22. The molecule has 8 nitrogen and oxygen atoms in total. The highest BCUT2D eigenvalue weighted by atomic mass is 16.6. The largest absolute Gasteiger partial charge is 0.467 e. The van der Waals surface area contributed by atoms with Crippen LogP contribution in [0.2, 0.25) is 0 Å². The van der Waals surface area contributed by atoms with Crippen molar-refractivity contribution in [1.82, 2.24) is 9.80 Å². The van der Waals surface area contributed by atoms with Gasteiger partial charge in [0.15, 0.2) is 0 Å². The Morgan fingerprint density at radius 3 is 2.27 bits per heavy atom. The highest BCUT2D eigenvalue weighted by molar-refractivity contribution is 5.96. The summed E-state index contributed by atoms with van der Waals surface area (Å²) in [6.07, 6.45) is 2.92. The van der Waals surface area contributed by atoms with Gasteiger partial charge in [0.05, 0.1) is 17.7 Å². The minimum Gasteiger partial charge on any atom is -0.467 e. The van der Waals surface area contributed by atoms with E-state index in [-0.39, 0.29) is 24.0 Å². The third-order valence-electron chi connectivity index (χ3n) is 5.22. The number of hydrogen-bond donors (Lipinski definition) is 0. The van der Waals surface area contributed by atoms with Crippen molar-refractivity contribution in [2.75, 3.05) is 19.6 Å². The summed E-state index contributed by atoms with van der Waals surface area (Å²) in [5.41, 5.74) is 1.33. The Morgan fingerprint density at radius 1 is 0.939 bits per heavy atom. The second-order valence-corrected chi connectivity index (χ2v) is 7.66. The van der Waals surface area contributed by atoms with Crippen molar-refractivity contribution < 1.29 is 18.9 Å². The van der Waals surface area contributed by atoms with Gasteiger partial charge in [-0.2, -0.15) is 0 Å². The Bertz CT molecular complexity index is 1050. The number of nitrogens with zero attached hydrogens (tertiary/aromatic N) is 3. The van der Waals surface area contributed by atoms with Gasteiger partial charge in [-0.1, -0.05) is 37.3 Å². The van der Waals surface area contributed by atoms with Gasteiger partial charge in [-0.05, 0) is 42.7 Å². The fourth-order valence-corrected chi connectivity index (χ4v) is 3.49. The van der Waals surface area contributed by atoms with E-state index in [9.17, 15) is 19.7 Å². The predicted octanol–water partition coefficient (Wildman–Crippen LogP) is 4.31. The number of rotatable bonds is 11. The van der Waals surface area contributed by atoms with Gasteiger partial charge in [0.2, 0.25) is 5.91 Å². The van der Waals surface area contributed by atoms with Gasteiger partial charge < -0.3 is 14.2 Å². The van der Waals surface area contributed by atoms with Crippen molar-refractivity contribution in [1.29, 1.82) is 0 Å². The van der Waals surface area contributed by atoms with E-state index < -0.39 is 4.92 Å². The van der Waals surface area contributed by atoms with Crippen LogP contribution in [-0.4, -0.2) is 46.2 Å². The first kappa shape index (κ1) is 23.7. The molecule has 0 aliphatic rings. The molecular formula is C25H27N3O5. The molecule has 2 aromatic carbocycles. The summed E-state index contributed by atoms with van der Waals surface area (Å²) < 4.78 is 5.44. The second kappa shape index (κ2) is 11.6. The molecule has 2 amide bonds. The lowest BCUT2D eigenvalue weighted by atomic mass is 10.1. The molecule has 0 unspecified atom stereocenters. The van der Waals surface area contributed by atoms with E-state index in [1.54, 1.807) is 17.2 Å². The molecule has 1 aromatic heterocycles. The lowest BCUT2D eigenvalue weighted by Gasteiger charge is -2.27. The molecule has 0 radical (unpaired) electrons. The first-order valence-corrected chi connectivity index (χ1v) is 10.9. The smallest absolute Gasteiger partial charge is 0.269 e. The van der Waals surface area contributed by atoms with Crippen molar-refractivity contribution >= 4 is 17.5 Å². The lowest BCUT2D eigenvalue weighted by Crippen LogP contribution is -2.43. The number of carbonyl (C=O) groups is 2. The van der Waals surface area contributed by atoms with E-state index >= 15 is 0 Å². The minimum absolute atomic E-state index is 0.0842. The zero-order valence-corrected chi connectivity index (χ0v) is 18.6. The van der Waals surface area contributed by atoms with Crippen LogP contribution >= 0.6 is 0 Å². The molecule has 1 heterocycles.